The quantitative estimate of drug-likeness (QED) is 0.142. The SMILES string of the molecule is COc1ccc(CCNC(=O)[C@H](CS)NC(=O)[C@H](CC(C)C)NC(=O)[C@H](CCC(=O)O)NS(C)(=O)=O)cc1. The van der Waals surface area contributed by atoms with Crippen molar-refractivity contribution in [3.8, 4) is 5.75 Å². The molecule has 1 aromatic rings. The Hall–Kier alpha value is -2.84. The molecule has 12 nitrogen and oxygen atoms in total. The molecule has 5 N–H and O–H groups in total. The Balaban J connectivity index is 2.83. The van der Waals surface area contributed by atoms with Gasteiger partial charge in [-0.15, -0.1) is 0 Å². The first-order chi connectivity index (χ1) is 17.7. The van der Waals surface area contributed by atoms with Gasteiger partial charge in [-0.1, -0.05) is 26.0 Å². The van der Waals surface area contributed by atoms with Gasteiger partial charge in [0.2, 0.25) is 27.7 Å². The number of carboxylic acid groups (broad SMARTS) is 1. The third-order valence-corrected chi connectivity index (χ3v) is 6.43. The maximum Gasteiger partial charge on any atom is 0.303 e. The van der Waals surface area contributed by atoms with Gasteiger partial charge < -0.3 is 25.8 Å². The van der Waals surface area contributed by atoms with E-state index in [0.717, 1.165) is 17.6 Å². The molecule has 1 rings (SSSR count). The number of carbonyl (C=O) groups is 4. The molecular weight excluding hydrogens is 536 g/mol. The molecule has 0 saturated heterocycles. The topological polar surface area (TPSA) is 180 Å². The summed E-state index contributed by atoms with van der Waals surface area (Å²) in [6.07, 6.45) is 0.831. The van der Waals surface area contributed by atoms with Crippen molar-refractivity contribution < 1.29 is 37.4 Å². The fraction of sp³-hybridized carbons (Fsp3) is 0.583. The second-order valence-electron chi connectivity index (χ2n) is 9.20. The lowest BCUT2D eigenvalue weighted by Gasteiger charge is -2.25. The average molecular weight is 575 g/mol. The van der Waals surface area contributed by atoms with Crippen LogP contribution in [0.25, 0.3) is 0 Å². The molecule has 0 unspecified atom stereocenters. The minimum atomic E-state index is -3.84. The summed E-state index contributed by atoms with van der Waals surface area (Å²) in [4.78, 5) is 49.5. The monoisotopic (exact) mass is 574 g/mol. The lowest BCUT2D eigenvalue weighted by atomic mass is 10.0. The number of methoxy groups -OCH3 is 1. The van der Waals surface area contributed by atoms with Crippen LogP contribution in [-0.4, -0.2) is 81.0 Å². The van der Waals surface area contributed by atoms with Gasteiger partial charge in [0.05, 0.1) is 13.4 Å². The zero-order valence-electron chi connectivity index (χ0n) is 22.0. The highest BCUT2D eigenvalue weighted by Crippen LogP contribution is 2.11. The van der Waals surface area contributed by atoms with Gasteiger partial charge in [0.15, 0.2) is 0 Å². The molecule has 0 heterocycles. The summed E-state index contributed by atoms with van der Waals surface area (Å²) in [5.41, 5.74) is 0.984. The lowest BCUT2D eigenvalue weighted by Crippen LogP contribution is -2.57. The van der Waals surface area contributed by atoms with Gasteiger partial charge in [0.25, 0.3) is 0 Å². The Morgan fingerprint density at radius 2 is 1.55 bits per heavy atom. The molecule has 1 aromatic carbocycles. The van der Waals surface area contributed by atoms with E-state index in [2.05, 4.69) is 33.3 Å². The summed E-state index contributed by atoms with van der Waals surface area (Å²) in [5, 5.41) is 16.8. The van der Waals surface area contributed by atoms with Gasteiger partial charge in [-0.3, -0.25) is 19.2 Å². The average Bonchev–Trinajstić information content (AvgIpc) is 2.83. The van der Waals surface area contributed by atoms with E-state index in [1.165, 1.54) is 0 Å². The molecule has 0 radical (unpaired) electrons. The van der Waals surface area contributed by atoms with E-state index >= 15 is 0 Å². The van der Waals surface area contributed by atoms with Crippen molar-refractivity contribution in [1.29, 1.82) is 0 Å². The van der Waals surface area contributed by atoms with Crippen molar-refractivity contribution in [3.05, 3.63) is 29.8 Å². The minimum Gasteiger partial charge on any atom is -0.497 e. The molecule has 0 bridgehead atoms. The number of nitrogens with one attached hydrogen (secondary N) is 4. The van der Waals surface area contributed by atoms with Gasteiger partial charge in [-0.2, -0.15) is 12.6 Å². The van der Waals surface area contributed by atoms with Gasteiger partial charge in [0, 0.05) is 18.7 Å². The fourth-order valence-corrected chi connectivity index (χ4v) is 4.46. The number of ether oxygens (including phenoxy) is 1. The van der Waals surface area contributed by atoms with Crippen LogP contribution in [-0.2, 0) is 35.6 Å². The molecule has 14 heteroatoms. The maximum absolute atomic E-state index is 13.0. The second-order valence-corrected chi connectivity index (χ2v) is 11.3. The highest BCUT2D eigenvalue weighted by atomic mass is 32.2. The molecular formula is C24H38N4O8S2. The predicted molar refractivity (Wildman–Crippen MR) is 146 cm³/mol. The fourth-order valence-electron chi connectivity index (χ4n) is 3.46. The molecule has 38 heavy (non-hydrogen) atoms. The van der Waals surface area contributed by atoms with Crippen molar-refractivity contribution in [2.45, 2.75) is 57.7 Å². The summed E-state index contributed by atoms with van der Waals surface area (Å²) in [7, 11) is -2.26. The Morgan fingerprint density at radius 1 is 0.974 bits per heavy atom. The Labute approximate surface area is 229 Å². The number of benzene rings is 1. The molecule has 0 fully saturated rings. The highest BCUT2D eigenvalue weighted by molar-refractivity contribution is 7.88. The summed E-state index contributed by atoms with van der Waals surface area (Å²) in [6.45, 7) is 3.97. The summed E-state index contributed by atoms with van der Waals surface area (Å²) in [6, 6.07) is 3.93. The second kappa shape index (κ2) is 16.2. The number of amides is 3. The number of sulfonamides is 1. The molecule has 0 spiro atoms. The predicted octanol–water partition coefficient (Wildman–Crippen LogP) is 0.0820. The van der Waals surface area contributed by atoms with E-state index in [1.807, 2.05) is 38.1 Å². The van der Waals surface area contributed by atoms with Crippen molar-refractivity contribution in [1.82, 2.24) is 20.7 Å². The van der Waals surface area contributed by atoms with Crippen molar-refractivity contribution in [2.24, 2.45) is 5.92 Å². The molecule has 0 aliphatic heterocycles. The van der Waals surface area contributed by atoms with E-state index in [4.69, 9.17) is 9.84 Å². The number of hydrogen-bond acceptors (Lipinski definition) is 8. The molecule has 214 valence electrons. The maximum atomic E-state index is 13.0. The van der Waals surface area contributed by atoms with Crippen LogP contribution in [0.4, 0.5) is 0 Å². The van der Waals surface area contributed by atoms with E-state index in [1.54, 1.807) is 7.11 Å². The Bertz CT molecular complexity index is 1050. The third-order valence-electron chi connectivity index (χ3n) is 5.35. The van der Waals surface area contributed by atoms with Gasteiger partial charge >= 0.3 is 5.97 Å². The first kappa shape index (κ1) is 33.2. The molecule has 3 atom stereocenters. The van der Waals surface area contributed by atoms with E-state index in [-0.39, 0.29) is 24.5 Å². The number of aliphatic carboxylic acids is 1. The summed E-state index contributed by atoms with van der Waals surface area (Å²) >= 11 is 4.17. The normalized spacial score (nSPS) is 13.7. The van der Waals surface area contributed by atoms with Crippen LogP contribution in [0.1, 0.15) is 38.7 Å². The van der Waals surface area contributed by atoms with Gasteiger partial charge in [0.1, 0.15) is 23.9 Å². The number of carbonyl (C=O) groups excluding carboxylic acids is 3. The molecule has 0 aliphatic carbocycles. The number of hydrogen-bond donors (Lipinski definition) is 6. The zero-order valence-corrected chi connectivity index (χ0v) is 23.7. The standard InChI is InChI=1S/C24H38N4O8S2/c1-15(2)13-19(26-23(32)18(9-10-21(29)30)28-38(4,34)35)24(33)27-20(14-37)22(31)25-12-11-16-5-7-17(36-3)8-6-16/h5-8,15,18-20,28,37H,9-14H2,1-4H3,(H,25,31)(H,26,32)(H,27,33)(H,29,30)/t18-,19-,20-/m0/s1. The number of rotatable bonds is 17. The summed E-state index contributed by atoms with van der Waals surface area (Å²) < 4.78 is 30.6. The van der Waals surface area contributed by atoms with Crippen LogP contribution >= 0.6 is 12.6 Å². The Kier molecular flexibility index (Phi) is 14.1. The lowest BCUT2D eigenvalue weighted by molar-refractivity contribution is -0.137. The smallest absolute Gasteiger partial charge is 0.303 e. The third kappa shape index (κ3) is 13.1. The molecule has 0 aromatic heterocycles. The van der Waals surface area contributed by atoms with Crippen LogP contribution in [0, 0.1) is 5.92 Å². The first-order valence-electron chi connectivity index (χ1n) is 12.1. The van der Waals surface area contributed by atoms with E-state index in [9.17, 15) is 27.6 Å². The largest absolute Gasteiger partial charge is 0.497 e. The molecule has 0 aliphatic rings. The Morgan fingerprint density at radius 3 is 2.05 bits per heavy atom. The first-order valence-corrected chi connectivity index (χ1v) is 14.6. The van der Waals surface area contributed by atoms with Crippen LogP contribution < -0.4 is 25.4 Å². The van der Waals surface area contributed by atoms with Crippen LogP contribution in [0.5, 0.6) is 5.75 Å². The van der Waals surface area contributed by atoms with Crippen LogP contribution in [0.15, 0.2) is 24.3 Å². The number of carboxylic acids is 1. The van der Waals surface area contributed by atoms with Crippen LogP contribution in [0.2, 0.25) is 0 Å². The number of thiol groups is 1. The van der Waals surface area contributed by atoms with Crippen molar-refractivity contribution in [3.63, 3.8) is 0 Å². The zero-order chi connectivity index (χ0) is 28.9. The van der Waals surface area contributed by atoms with Gasteiger partial charge in [-0.05, 0) is 42.9 Å². The van der Waals surface area contributed by atoms with E-state index in [0.29, 0.717) is 13.0 Å². The van der Waals surface area contributed by atoms with Gasteiger partial charge in [-0.25, -0.2) is 13.1 Å². The highest BCUT2D eigenvalue weighted by Gasteiger charge is 2.30. The molecule has 0 saturated carbocycles. The van der Waals surface area contributed by atoms with E-state index < -0.39 is 58.3 Å². The van der Waals surface area contributed by atoms with Crippen molar-refractivity contribution in [2.75, 3.05) is 25.7 Å². The van der Waals surface area contributed by atoms with Crippen LogP contribution in [0.3, 0.4) is 0 Å². The molecule has 3 amide bonds. The summed E-state index contributed by atoms with van der Waals surface area (Å²) in [5.74, 6) is -2.47. The van der Waals surface area contributed by atoms with Crippen molar-refractivity contribution >= 4 is 46.3 Å². The minimum absolute atomic E-state index is 0.000670.